The molecular weight excluding hydrogens is 264 g/mol. The fraction of sp³-hybridized carbons (Fsp3) is 0.333. The normalized spacial score (nSPS) is 14.8. The van der Waals surface area contributed by atoms with Crippen LogP contribution in [0.5, 0.6) is 0 Å². The molecule has 0 spiro atoms. The van der Waals surface area contributed by atoms with Crippen molar-refractivity contribution < 1.29 is 0 Å². The SMILES string of the molecule is Nc1c(NNc2ccccc2)ncnc1N1CCCCC1. The van der Waals surface area contributed by atoms with Crippen molar-refractivity contribution in [1.29, 1.82) is 0 Å². The molecule has 6 nitrogen and oxygen atoms in total. The minimum Gasteiger partial charge on any atom is -0.393 e. The lowest BCUT2D eigenvalue weighted by Gasteiger charge is -2.28. The van der Waals surface area contributed by atoms with Crippen molar-refractivity contribution in [3.05, 3.63) is 36.7 Å². The number of nitrogens with one attached hydrogen (secondary N) is 2. The van der Waals surface area contributed by atoms with E-state index in [2.05, 4.69) is 25.7 Å². The maximum atomic E-state index is 6.21. The molecule has 1 aromatic carbocycles. The van der Waals surface area contributed by atoms with Crippen LogP contribution in [0.15, 0.2) is 36.7 Å². The van der Waals surface area contributed by atoms with E-state index >= 15 is 0 Å². The van der Waals surface area contributed by atoms with E-state index in [0.717, 1.165) is 24.6 Å². The molecule has 2 aromatic rings. The molecule has 1 aliphatic rings. The van der Waals surface area contributed by atoms with Crippen LogP contribution in [-0.2, 0) is 0 Å². The lowest BCUT2D eigenvalue weighted by molar-refractivity contribution is 0.573. The molecule has 6 heteroatoms. The zero-order chi connectivity index (χ0) is 14.5. The van der Waals surface area contributed by atoms with Gasteiger partial charge >= 0.3 is 0 Å². The van der Waals surface area contributed by atoms with E-state index in [1.165, 1.54) is 19.3 Å². The van der Waals surface area contributed by atoms with Gasteiger partial charge in [0.25, 0.3) is 0 Å². The maximum Gasteiger partial charge on any atom is 0.173 e. The van der Waals surface area contributed by atoms with Crippen LogP contribution in [0.1, 0.15) is 19.3 Å². The third kappa shape index (κ3) is 3.16. The number of benzene rings is 1. The molecule has 0 amide bonds. The second kappa shape index (κ2) is 6.30. The van der Waals surface area contributed by atoms with Crippen molar-refractivity contribution in [2.45, 2.75) is 19.3 Å². The Kier molecular flexibility index (Phi) is 4.04. The number of aromatic nitrogens is 2. The van der Waals surface area contributed by atoms with Crippen LogP contribution in [-0.4, -0.2) is 23.1 Å². The van der Waals surface area contributed by atoms with Gasteiger partial charge in [-0.25, -0.2) is 9.97 Å². The summed E-state index contributed by atoms with van der Waals surface area (Å²) in [5, 5.41) is 0. The van der Waals surface area contributed by atoms with Crippen LogP contribution in [0, 0.1) is 0 Å². The monoisotopic (exact) mass is 284 g/mol. The average molecular weight is 284 g/mol. The minimum absolute atomic E-state index is 0.586. The number of nitrogens with zero attached hydrogens (tertiary/aromatic N) is 3. The van der Waals surface area contributed by atoms with Gasteiger partial charge in [0.2, 0.25) is 0 Å². The molecule has 1 fully saturated rings. The average Bonchev–Trinajstić information content (AvgIpc) is 2.56. The van der Waals surface area contributed by atoms with Gasteiger partial charge in [-0.1, -0.05) is 18.2 Å². The first kappa shape index (κ1) is 13.5. The molecule has 1 saturated heterocycles. The van der Waals surface area contributed by atoms with Crippen molar-refractivity contribution in [2.24, 2.45) is 0 Å². The first-order valence-corrected chi connectivity index (χ1v) is 7.27. The third-order valence-corrected chi connectivity index (χ3v) is 3.62. The Labute approximate surface area is 124 Å². The number of piperidine rings is 1. The van der Waals surface area contributed by atoms with Crippen LogP contribution in [0.4, 0.5) is 23.0 Å². The minimum atomic E-state index is 0.586. The van der Waals surface area contributed by atoms with E-state index in [0.29, 0.717) is 11.5 Å². The van der Waals surface area contributed by atoms with Gasteiger partial charge in [-0.15, -0.1) is 0 Å². The summed E-state index contributed by atoms with van der Waals surface area (Å²) in [5.74, 6) is 1.43. The first-order valence-electron chi connectivity index (χ1n) is 7.27. The second-order valence-corrected chi connectivity index (χ2v) is 5.12. The second-order valence-electron chi connectivity index (χ2n) is 5.12. The van der Waals surface area contributed by atoms with E-state index < -0.39 is 0 Å². The van der Waals surface area contributed by atoms with Gasteiger partial charge in [0.05, 0.1) is 5.69 Å². The number of anilines is 4. The van der Waals surface area contributed by atoms with Gasteiger partial charge in [-0.05, 0) is 31.4 Å². The highest BCUT2D eigenvalue weighted by Crippen LogP contribution is 2.28. The summed E-state index contributed by atoms with van der Waals surface area (Å²) in [7, 11) is 0. The van der Waals surface area contributed by atoms with Crippen molar-refractivity contribution >= 4 is 23.0 Å². The topological polar surface area (TPSA) is 79.1 Å². The number of hydrogen-bond donors (Lipinski definition) is 3. The molecule has 110 valence electrons. The predicted molar refractivity (Wildman–Crippen MR) is 86.2 cm³/mol. The Hall–Kier alpha value is -2.50. The molecule has 1 aromatic heterocycles. The van der Waals surface area contributed by atoms with Gasteiger partial charge < -0.3 is 10.6 Å². The van der Waals surface area contributed by atoms with Crippen LogP contribution < -0.4 is 21.5 Å². The molecule has 0 unspecified atom stereocenters. The highest BCUT2D eigenvalue weighted by molar-refractivity contribution is 5.75. The van der Waals surface area contributed by atoms with Crippen LogP contribution >= 0.6 is 0 Å². The largest absolute Gasteiger partial charge is 0.393 e. The molecular formula is C15H20N6. The van der Waals surface area contributed by atoms with Gasteiger partial charge in [-0.2, -0.15) is 0 Å². The number of hydrogen-bond acceptors (Lipinski definition) is 6. The first-order chi connectivity index (χ1) is 10.3. The van der Waals surface area contributed by atoms with Crippen molar-refractivity contribution in [2.75, 3.05) is 34.6 Å². The summed E-state index contributed by atoms with van der Waals surface area (Å²) in [4.78, 5) is 10.8. The fourth-order valence-electron chi connectivity index (χ4n) is 2.50. The summed E-state index contributed by atoms with van der Waals surface area (Å²) in [6, 6.07) is 9.84. The predicted octanol–water partition coefficient (Wildman–Crippen LogP) is 2.49. The van der Waals surface area contributed by atoms with E-state index in [1.807, 2.05) is 30.3 Å². The molecule has 21 heavy (non-hydrogen) atoms. The Balaban J connectivity index is 1.73. The lowest BCUT2D eigenvalue weighted by atomic mass is 10.1. The molecule has 0 aliphatic carbocycles. The summed E-state index contributed by atoms with van der Waals surface area (Å²) in [6.07, 6.45) is 5.21. The highest BCUT2D eigenvalue weighted by Gasteiger charge is 2.17. The molecule has 0 radical (unpaired) electrons. The van der Waals surface area contributed by atoms with Crippen LogP contribution in [0.25, 0.3) is 0 Å². The number of rotatable bonds is 4. The van der Waals surface area contributed by atoms with E-state index in [1.54, 1.807) is 6.33 Å². The summed E-state index contributed by atoms with van der Waals surface area (Å²) >= 11 is 0. The van der Waals surface area contributed by atoms with Crippen molar-refractivity contribution in [3.8, 4) is 0 Å². The lowest BCUT2D eigenvalue weighted by Crippen LogP contribution is -2.31. The van der Waals surface area contributed by atoms with Crippen molar-refractivity contribution in [3.63, 3.8) is 0 Å². The van der Waals surface area contributed by atoms with E-state index in [-0.39, 0.29) is 0 Å². The summed E-state index contributed by atoms with van der Waals surface area (Å²) in [6.45, 7) is 2.01. The molecule has 3 rings (SSSR count). The summed E-state index contributed by atoms with van der Waals surface area (Å²) in [5.41, 5.74) is 13.9. The Bertz CT molecular complexity index is 580. The van der Waals surface area contributed by atoms with Gasteiger partial charge in [0.1, 0.15) is 12.0 Å². The van der Waals surface area contributed by atoms with Gasteiger partial charge in [0, 0.05) is 13.1 Å². The molecule has 0 atom stereocenters. The number of nitrogens with two attached hydrogens (primary N) is 1. The maximum absolute atomic E-state index is 6.21. The van der Waals surface area contributed by atoms with Gasteiger partial charge in [-0.3, -0.25) is 10.9 Å². The van der Waals surface area contributed by atoms with Gasteiger partial charge in [0.15, 0.2) is 11.6 Å². The quantitative estimate of drug-likeness (QED) is 0.749. The Morgan fingerprint density at radius 1 is 0.952 bits per heavy atom. The zero-order valence-corrected chi connectivity index (χ0v) is 11.9. The molecule has 1 aliphatic heterocycles. The number of nitrogen functional groups attached to an aromatic ring is 1. The fourth-order valence-corrected chi connectivity index (χ4v) is 2.50. The molecule has 2 heterocycles. The zero-order valence-electron chi connectivity index (χ0n) is 11.9. The smallest absolute Gasteiger partial charge is 0.173 e. The Morgan fingerprint density at radius 3 is 2.48 bits per heavy atom. The van der Waals surface area contributed by atoms with E-state index in [4.69, 9.17) is 5.73 Å². The number of para-hydroxylation sites is 1. The van der Waals surface area contributed by atoms with Crippen LogP contribution in [0.3, 0.4) is 0 Å². The standard InChI is InChI=1S/C15H20N6/c16-13-14(20-19-12-7-3-1-4-8-12)17-11-18-15(13)21-9-5-2-6-10-21/h1,3-4,7-8,11,19H,2,5-6,9-10,16H2,(H,17,18,20). The van der Waals surface area contributed by atoms with Crippen LogP contribution in [0.2, 0.25) is 0 Å². The molecule has 4 N–H and O–H groups in total. The Morgan fingerprint density at radius 2 is 1.71 bits per heavy atom. The third-order valence-electron chi connectivity index (χ3n) is 3.62. The summed E-state index contributed by atoms with van der Waals surface area (Å²) < 4.78 is 0. The van der Waals surface area contributed by atoms with Crippen molar-refractivity contribution in [1.82, 2.24) is 9.97 Å². The van der Waals surface area contributed by atoms with E-state index in [9.17, 15) is 0 Å². The highest BCUT2D eigenvalue weighted by atomic mass is 15.4. The number of hydrazine groups is 1. The molecule has 0 saturated carbocycles. The molecule has 0 bridgehead atoms.